The Hall–Kier alpha value is -4.19. The van der Waals surface area contributed by atoms with Gasteiger partial charge in [-0.1, -0.05) is 28.1 Å². The number of nitrogens with zero attached hydrogens (tertiary/aromatic N) is 7. The van der Waals surface area contributed by atoms with Crippen molar-refractivity contribution in [2.45, 2.75) is 44.1 Å². The number of anilines is 1. The molecule has 4 aromatic heterocycles. The average Bonchev–Trinajstić information content (AvgIpc) is 3.89. The van der Waals surface area contributed by atoms with Crippen LogP contribution in [0.3, 0.4) is 0 Å². The number of β-lactam (4-membered cyclic amide) rings is 1. The lowest BCUT2D eigenvalue weighted by molar-refractivity contribution is -0.661. The highest BCUT2D eigenvalue weighted by Crippen LogP contribution is 2.45. The van der Waals surface area contributed by atoms with Crippen LogP contribution in [0.5, 0.6) is 0 Å². The number of thioether (sulfide) groups is 1. The van der Waals surface area contributed by atoms with E-state index in [4.69, 9.17) is 27.6 Å². The maximum atomic E-state index is 13.4. The number of hydrogen-bond acceptors (Lipinski definition) is 11. The van der Waals surface area contributed by atoms with Crippen LogP contribution in [0.15, 0.2) is 52.5 Å². The third kappa shape index (κ3) is 6.24. The van der Waals surface area contributed by atoms with Gasteiger partial charge in [-0.3, -0.25) is 19.9 Å². The van der Waals surface area contributed by atoms with E-state index >= 15 is 0 Å². The number of nitrogens with one attached hydrogen (secondary N) is 1. The average molecular weight is 743 g/mol. The molecular formula is C31H33ClN9O5S3+. The maximum absolute atomic E-state index is 13.4. The van der Waals surface area contributed by atoms with E-state index in [1.165, 1.54) is 30.2 Å². The van der Waals surface area contributed by atoms with Crippen molar-refractivity contribution in [2.24, 2.45) is 11.1 Å². The van der Waals surface area contributed by atoms with Crippen molar-refractivity contribution in [1.82, 2.24) is 24.0 Å². The number of oxime groups is 1. The van der Waals surface area contributed by atoms with Crippen LogP contribution in [0.25, 0.3) is 5.65 Å². The molecule has 3 aliphatic rings. The molecule has 0 aliphatic carbocycles. The molecule has 4 N–H and O–H groups in total. The van der Waals surface area contributed by atoms with Crippen molar-refractivity contribution in [2.75, 3.05) is 31.7 Å². The van der Waals surface area contributed by atoms with Crippen LogP contribution >= 0.6 is 46.0 Å². The molecule has 3 aliphatic heterocycles. The monoisotopic (exact) mass is 742 g/mol. The fourth-order valence-electron chi connectivity index (χ4n) is 6.57. The van der Waals surface area contributed by atoms with Gasteiger partial charge in [0.2, 0.25) is 5.91 Å². The zero-order valence-electron chi connectivity index (χ0n) is 26.4. The van der Waals surface area contributed by atoms with E-state index in [-0.39, 0.29) is 39.5 Å². The number of amidine groups is 1. The first-order chi connectivity index (χ1) is 23.6. The molecule has 2 fully saturated rings. The highest BCUT2D eigenvalue weighted by atomic mass is 35.5. The van der Waals surface area contributed by atoms with Gasteiger partial charge in [-0.2, -0.15) is 0 Å². The molecule has 0 aromatic carbocycles. The number of imidazole rings is 1. The number of rotatable bonds is 11. The smallest absolute Gasteiger partial charge is 0.352 e. The Balaban J connectivity index is 1.05. The summed E-state index contributed by atoms with van der Waals surface area (Å²) < 4.78 is 6.16. The standard InChI is InChI=1S/C31H32ClN9O5S3/c1-46-36-23(24-26(32)49-31(34)35-24)21(42)12-20-28(43)41-25(30(44)45)18(16-48-29(20)41)13-39-8-5-22-38(9-10-40(22)39)14-19-11-17(15-47-19)27(33)37-6-3-2-4-7-37/h5,8-11,15,20,29,33H,2-4,6-7,12-14,16H2,1H3,(H2-,34,35,44,45)/p+1/b33-27?,36-23+/t20-,29-/m1/s1. The number of carbonyl (C=O) groups is 3. The van der Waals surface area contributed by atoms with Gasteiger partial charge in [0.25, 0.3) is 0 Å². The zero-order chi connectivity index (χ0) is 34.4. The predicted molar refractivity (Wildman–Crippen MR) is 187 cm³/mol. The molecule has 0 unspecified atom stereocenters. The van der Waals surface area contributed by atoms with Crippen LogP contribution in [0.1, 0.15) is 41.8 Å². The van der Waals surface area contributed by atoms with Crippen molar-refractivity contribution in [1.29, 1.82) is 5.41 Å². The Morgan fingerprint density at radius 3 is 2.78 bits per heavy atom. The van der Waals surface area contributed by atoms with Crippen LogP contribution in [0.4, 0.5) is 5.13 Å². The Morgan fingerprint density at radius 2 is 2.06 bits per heavy atom. The quantitative estimate of drug-likeness (QED) is 0.0683. The van der Waals surface area contributed by atoms with Gasteiger partial charge in [-0.15, -0.1) is 27.6 Å². The number of amides is 1. The number of carbonyl (C=O) groups excluding carboxylic acids is 2. The number of aromatic nitrogens is 4. The maximum Gasteiger partial charge on any atom is 0.352 e. The molecule has 0 spiro atoms. The van der Waals surface area contributed by atoms with E-state index in [1.54, 1.807) is 11.3 Å². The fraction of sp³-hybridized carbons (Fsp3) is 0.387. The number of aliphatic carboxylic acids is 1. The second-order valence-corrected chi connectivity index (χ2v) is 15.7. The number of piperidine rings is 1. The summed E-state index contributed by atoms with van der Waals surface area (Å²) in [5, 5.41) is 24.4. The molecule has 18 heteroatoms. The molecule has 1 amide bonds. The molecule has 2 saturated heterocycles. The predicted octanol–water partition coefficient (Wildman–Crippen LogP) is 3.52. The third-order valence-corrected chi connectivity index (χ3v) is 12.3. The lowest BCUT2D eigenvalue weighted by Gasteiger charge is -2.49. The first-order valence-electron chi connectivity index (χ1n) is 15.6. The van der Waals surface area contributed by atoms with E-state index in [1.807, 2.05) is 33.9 Å². The number of carboxylic acid groups (broad SMARTS) is 1. The van der Waals surface area contributed by atoms with Crippen molar-refractivity contribution < 1.29 is 28.9 Å². The highest BCUT2D eigenvalue weighted by Gasteiger charge is 2.54. The third-order valence-electron chi connectivity index (χ3n) is 8.91. The minimum absolute atomic E-state index is 0.0531. The largest absolute Gasteiger partial charge is 0.477 e. The number of fused-ring (bicyclic) bond motifs is 2. The van der Waals surface area contributed by atoms with Gasteiger partial charge in [0, 0.05) is 41.1 Å². The van der Waals surface area contributed by atoms with Crippen molar-refractivity contribution >= 4 is 86.0 Å². The SMILES string of the molecule is CO/N=C(\C(=O)C[C@@H]1C(=O)N2C(C(=O)O)=C(Cn3ccc4n3cc[n+]4Cc3cc(C(=N)N4CCCCC4)cs3)CS[C@H]12)c1nc(N)sc1Cl. The first-order valence-corrected chi connectivity index (χ1v) is 18.7. The number of thiazole rings is 1. The van der Waals surface area contributed by atoms with Crippen LogP contribution in [0, 0.1) is 11.3 Å². The Labute approximate surface area is 297 Å². The van der Waals surface area contributed by atoms with Crippen molar-refractivity contribution in [3.05, 3.63) is 67.8 Å². The molecule has 7 rings (SSSR count). The van der Waals surface area contributed by atoms with Crippen LogP contribution < -0.4 is 10.3 Å². The van der Waals surface area contributed by atoms with Gasteiger partial charge < -0.3 is 20.6 Å². The number of halogens is 1. The van der Waals surface area contributed by atoms with Crippen LogP contribution in [0.2, 0.25) is 4.34 Å². The normalized spacial score (nSPS) is 19.7. The molecule has 4 aromatic rings. The number of thiophene rings is 1. The fourth-order valence-corrected chi connectivity index (χ4v) is 9.77. The minimum Gasteiger partial charge on any atom is -0.477 e. The summed E-state index contributed by atoms with van der Waals surface area (Å²) >= 11 is 10.3. The molecule has 49 heavy (non-hydrogen) atoms. The lowest BCUT2D eigenvalue weighted by Crippen LogP contribution is -2.62. The Kier molecular flexibility index (Phi) is 9.25. The number of nitrogens with two attached hydrogens (primary N) is 1. The van der Waals surface area contributed by atoms with E-state index in [9.17, 15) is 19.5 Å². The van der Waals surface area contributed by atoms with E-state index < -0.39 is 29.0 Å². The summed E-state index contributed by atoms with van der Waals surface area (Å²) in [6.07, 6.45) is 9.07. The summed E-state index contributed by atoms with van der Waals surface area (Å²) in [5.41, 5.74) is 8.10. The number of hydrogen-bond donors (Lipinski definition) is 3. The molecule has 0 radical (unpaired) electrons. The molecule has 2 atom stereocenters. The molecule has 256 valence electrons. The second-order valence-electron chi connectivity index (χ2n) is 11.9. The number of carboxylic acids is 1. The molecule has 14 nitrogen and oxygen atoms in total. The number of Topliss-reactive ketones (excluding diaryl/α,β-unsaturated/α-hetero) is 1. The van der Waals surface area contributed by atoms with Gasteiger partial charge in [0.05, 0.1) is 30.1 Å². The minimum atomic E-state index is -1.20. The van der Waals surface area contributed by atoms with Gasteiger partial charge in [0.1, 0.15) is 41.4 Å². The Bertz CT molecular complexity index is 2040. The number of ketones is 1. The summed E-state index contributed by atoms with van der Waals surface area (Å²) in [6.45, 7) is 2.77. The van der Waals surface area contributed by atoms with Crippen molar-refractivity contribution in [3.63, 3.8) is 0 Å². The summed E-state index contributed by atoms with van der Waals surface area (Å²) in [7, 11) is 1.28. The molecule has 0 bridgehead atoms. The summed E-state index contributed by atoms with van der Waals surface area (Å²) in [6, 6.07) is 4.07. The van der Waals surface area contributed by atoms with Gasteiger partial charge >= 0.3 is 11.6 Å². The lowest BCUT2D eigenvalue weighted by atomic mass is 9.89. The number of nitrogen functional groups attached to an aromatic ring is 1. The Morgan fingerprint density at radius 1 is 1.27 bits per heavy atom. The molecule has 0 saturated carbocycles. The van der Waals surface area contributed by atoms with Gasteiger partial charge in [-0.05, 0) is 30.9 Å². The molecular weight excluding hydrogens is 710 g/mol. The second kappa shape index (κ2) is 13.6. The zero-order valence-corrected chi connectivity index (χ0v) is 29.6. The van der Waals surface area contributed by atoms with E-state index in [0.29, 0.717) is 23.7 Å². The van der Waals surface area contributed by atoms with E-state index in [2.05, 4.69) is 31.1 Å². The van der Waals surface area contributed by atoms with Crippen LogP contribution in [-0.2, 0) is 32.3 Å². The number of likely N-dealkylation sites (tertiary alicyclic amines) is 1. The van der Waals surface area contributed by atoms with E-state index in [0.717, 1.165) is 53.4 Å². The summed E-state index contributed by atoms with van der Waals surface area (Å²) in [5.74, 6) is -1.93. The highest BCUT2D eigenvalue weighted by molar-refractivity contribution is 8.00. The first kappa shape index (κ1) is 33.3. The topological polar surface area (TPSA) is 175 Å². The summed E-state index contributed by atoms with van der Waals surface area (Å²) in [4.78, 5) is 52.8. The van der Waals surface area contributed by atoms with Crippen LogP contribution in [-0.4, -0.2) is 89.6 Å². The van der Waals surface area contributed by atoms with Crippen molar-refractivity contribution in [3.8, 4) is 0 Å². The molecule has 7 heterocycles. The van der Waals surface area contributed by atoms with Gasteiger partial charge in [0.15, 0.2) is 22.8 Å². The van der Waals surface area contributed by atoms with Gasteiger partial charge in [-0.25, -0.2) is 19.0 Å².